The van der Waals surface area contributed by atoms with Crippen molar-refractivity contribution >= 4 is 23.3 Å². The van der Waals surface area contributed by atoms with Crippen molar-refractivity contribution in [1.29, 1.82) is 0 Å². The van der Waals surface area contributed by atoms with Crippen LogP contribution in [0.1, 0.15) is 33.6 Å². The van der Waals surface area contributed by atoms with E-state index in [1.165, 1.54) is 31.2 Å². The van der Waals surface area contributed by atoms with Crippen molar-refractivity contribution in [3.8, 4) is 0 Å². The van der Waals surface area contributed by atoms with Crippen LogP contribution in [0.15, 0.2) is 36.0 Å². The van der Waals surface area contributed by atoms with Gasteiger partial charge in [0.15, 0.2) is 29.4 Å². The molecule has 2 fully saturated rings. The average Bonchev–Trinajstić information content (AvgIpc) is 2.89. The predicted molar refractivity (Wildman–Crippen MR) is 105 cm³/mol. The summed E-state index contributed by atoms with van der Waals surface area (Å²) in [4.78, 5) is 49.2. The van der Waals surface area contributed by atoms with Gasteiger partial charge in [0.1, 0.15) is 0 Å². The molecule has 0 unspecified atom stereocenters. The summed E-state index contributed by atoms with van der Waals surface area (Å²) in [6.45, 7) is 3.41. The minimum Gasteiger partial charge on any atom is -0.458 e. The van der Waals surface area contributed by atoms with Gasteiger partial charge in [0.25, 0.3) is 0 Å². The van der Waals surface area contributed by atoms with E-state index in [1.807, 2.05) is 0 Å². The molecule has 2 saturated carbocycles. The number of carbonyl (C=O) groups excluding carboxylic acids is 4. The molecule has 0 radical (unpaired) electrons. The van der Waals surface area contributed by atoms with E-state index < -0.39 is 70.6 Å². The van der Waals surface area contributed by atoms with E-state index in [9.17, 15) is 29.4 Å². The fourth-order valence-corrected chi connectivity index (χ4v) is 6.21. The van der Waals surface area contributed by atoms with E-state index >= 15 is 4.39 Å². The topological polar surface area (TPSA) is 118 Å². The molecular formula is C23H25FO7. The number of esters is 1. The second-order valence-corrected chi connectivity index (χ2v) is 9.48. The van der Waals surface area contributed by atoms with Crippen LogP contribution in [0, 0.1) is 22.7 Å². The van der Waals surface area contributed by atoms with Crippen molar-refractivity contribution in [2.24, 2.45) is 22.7 Å². The number of aliphatic hydroxyl groups is 2. The monoisotopic (exact) mass is 432 g/mol. The Bertz CT molecular complexity index is 996. The zero-order chi connectivity index (χ0) is 23.0. The highest BCUT2D eigenvalue weighted by Gasteiger charge is 2.76. The third-order valence-corrected chi connectivity index (χ3v) is 8.02. The molecule has 0 aromatic rings. The van der Waals surface area contributed by atoms with Crippen molar-refractivity contribution < 1.29 is 38.5 Å². The molecule has 7 nitrogen and oxygen atoms in total. The van der Waals surface area contributed by atoms with Gasteiger partial charge in [-0.2, -0.15) is 0 Å². The summed E-state index contributed by atoms with van der Waals surface area (Å²) in [7, 11) is 0. The molecule has 0 aliphatic heterocycles. The van der Waals surface area contributed by atoms with Gasteiger partial charge in [-0.15, -0.1) is 0 Å². The first kappa shape index (κ1) is 21.8. The molecule has 0 saturated heterocycles. The van der Waals surface area contributed by atoms with E-state index in [4.69, 9.17) is 4.74 Å². The molecule has 7 atom stereocenters. The van der Waals surface area contributed by atoms with Crippen LogP contribution in [0.4, 0.5) is 4.39 Å². The normalized spacial score (nSPS) is 45.5. The Labute approximate surface area is 178 Å². The number of alkyl halides is 1. The van der Waals surface area contributed by atoms with Crippen molar-refractivity contribution in [3.05, 3.63) is 36.0 Å². The van der Waals surface area contributed by atoms with E-state index in [-0.39, 0.29) is 12.2 Å². The number of rotatable bonds is 3. The minimum absolute atomic E-state index is 0.107. The molecule has 0 spiro atoms. The summed E-state index contributed by atoms with van der Waals surface area (Å²) >= 11 is 0. The summed E-state index contributed by atoms with van der Waals surface area (Å²) in [6, 6.07) is 0. The Morgan fingerprint density at radius 1 is 1.26 bits per heavy atom. The second kappa shape index (κ2) is 6.53. The molecule has 31 heavy (non-hydrogen) atoms. The molecule has 4 rings (SSSR count). The molecule has 4 aliphatic rings. The second-order valence-electron chi connectivity index (χ2n) is 9.48. The fraction of sp³-hybridized carbons (Fsp3) is 0.565. The van der Waals surface area contributed by atoms with E-state index in [0.717, 1.165) is 6.92 Å². The van der Waals surface area contributed by atoms with Gasteiger partial charge in [-0.05, 0) is 37.0 Å². The van der Waals surface area contributed by atoms with Crippen LogP contribution in [0.2, 0.25) is 0 Å². The van der Waals surface area contributed by atoms with Crippen molar-refractivity contribution in [2.45, 2.75) is 51.0 Å². The van der Waals surface area contributed by atoms with Crippen LogP contribution in [0.25, 0.3) is 0 Å². The fourth-order valence-electron chi connectivity index (χ4n) is 6.21. The summed E-state index contributed by atoms with van der Waals surface area (Å²) in [6.07, 6.45) is 4.92. The first-order valence-electron chi connectivity index (χ1n) is 10.2. The maximum atomic E-state index is 16.8. The number of ketones is 3. The summed E-state index contributed by atoms with van der Waals surface area (Å²) in [5.41, 5.74) is -7.23. The molecule has 0 aromatic carbocycles. The van der Waals surface area contributed by atoms with Gasteiger partial charge in [-0.3, -0.25) is 19.2 Å². The van der Waals surface area contributed by atoms with Crippen LogP contribution < -0.4 is 0 Å². The number of halogens is 1. The van der Waals surface area contributed by atoms with E-state index in [0.29, 0.717) is 5.57 Å². The molecule has 166 valence electrons. The Kier molecular flexibility index (Phi) is 4.58. The van der Waals surface area contributed by atoms with Crippen molar-refractivity contribution in [3.63, 3.8) is 0 Å². The van der Waals surface area contributed by atoms with E-state index in [1.54, 1.807) is 13.0 Å². The van der Waals surface area contributed by atoms with Crippen LogP contribution in [0.3, 0.4) is 0 Å². The molecule has 0 heterocycles. The highest BCUT2D eigenvalue weighted by Crippen LogP contribution is 2.67. The smallest absolute Gasteiger partial charge is 0.303 e. The highest BCUT2D eigenvalue weighted by molar-refractivity contribution is 6.03. The molecule has 0 amide bonds. The van der Waals surface area contributed by atoms with Gasteiger partial charge in [-0.1, -0.05) is 25.2 Å². The highest BCUT2D eigenvalue weighted by atomic mass is 19.1. The first-order valence-corrected chi connectivity index (χ1v) is 10.2. The first-order chi connectivity index (χ1) is 14.3. The summed E-state index contributed by atoms with van der Waals surface area (Å²) in [5.74, 6) is -4.51. The number of carbonyl (C=O) groups is 4. The van der Waals surface area contributed by atoms with Gasteiger partial charge >= 0.3 is 5.97 Å². The van der Waals surface area contributed by atoms with Gasteiger partial charge in [0, 0.05) is 24.7 Å². The maximum absolute atomic E-state index is 16.8. The molecule has 2 N–H and O–H groups in total. The van der Waals surface area contributed by atoms with Gasteiger partial charge < -0.3 is 14.9 Å². The summed E-state index contributed by atoms with van der Waals surface area (Å²) in [5, 5.41) is 22.1. The third-order valence-electron chi connectivity index (χ3n) is 8.02. The number of hydrogen-bond donors (Lipinski definition) is 2. The van der Waals surface area contributed by atoms with Gasteiger partial charge in [0.2, 0.25) is 5.78 Å². The molecule has 8 heteroatoms. The summed E-state index contributed by atoms with van der Waals surface area (Å²) < 4.78 is 21.5. The van der Waals surface area contributed by atoms with Crippen LogP contribution >= 0.6 is 0 Å². The average molecular weight is 432 g/mol. The molecular weight excluding hydrogens is 407 g/mol. The number of allylic oxidation sites excluding steroid dienone is 6. The van der Waals surface area contributed by atoms with Crippen molar-refractivity contribution in [2.75, 3.05) is 6.61 Å². The largest absolute Gasteiger partial charge is 0.458 e. The zero-order valence-corrected chi connectivity index (χ0v) is 17.6. The van der Waals surface area contributed by atoms with Crippen LogP contribution in [0.5, 0.6) is 0 Å². The number of Topliss-reactive ketones (excluding diaryl/α,β-unsaturated/α-hetero) is 2. The lowest BCUT2D eigenvalue weighted by Crippen LogP contribution is -2.67. The standard InChI is InChI=1S/C23H25FO7/c1-12(25)31-11-19(29)23(30)17(27)9-16-15-5-4-13-8-14(26)6-7-20(13,2)22(15,24)18(28)10-21(16,23)3/h4-8,15-17,27,30H,9-11H2,1-3H3/t15-,16-,17+,20-,21-,22-,23-/m0/s1. The zero-order valence-electron chi connectivity index (χ0n) is 17.6. The Morgan fingerprint density at radius 3 is 2.58 bits per heavy atom. The third kappa shape index (κ3) is 2.52. The minimum atomic E-state index is -2.40. The Hall–Kier alpha value is -2.45. The predicted octanol–water partition coefficient (Wildman–Crippen LogP) is 1.18. The molecule has 0 aromatic heterocycles. The van der Waals surface area contributed by atoms with E-state index in [2.05, 4.69) is 0 Å². The lowest BCUT2D eigenvalue weighted by Gasteiger charge is -2.57. The lowest BCUT2D eigenvalue weighted by molar-refractivity contribution is -0.187. The van der Waals surface area contributed by atoms with Gasteiger partial charge in [-0.25, -0.2) is 4.39 Å². The Morgan fingerprint density at radius 2 is 1.94 bits per heavy atom. The quantitative estimate of drug-likeness (QED) is 0.643. The Balaban J connectivity index is 1.81. The number of ether oxygens (including phenoxy) is 1. The van der Waals surface area contributed by atoms with Crippen LogP contribution in [-0.4, -0.2) is 57.5 Å². The number of hydrogen-bond acceptors (Lipinski definition) is 7. The number of aliphatic hydroxyl groups excluding tert-OH is 1. The number of fused-ring (bicyclic) bond motifs is 5. The lowest BCUT2D eigenvalue weighted by atomic mass is 9.47. The van der Waals surface area contributed by atoms with Gasteiger partial charge in [0.05, 0.1) is 11.5 Å². The molecule has 0 bridgehead atoms. The van der Waals surface area contributed by atoms with Crippen molar-refractivity contribution in [1.82, 2.24) is 0 Å². The maximum Gasteiger partial charge on any atom is 0.303 e. The molecule has 4 aliphatic carbocycles. The van der Waals surface area contributed by atoms with Crippen LogP contribution in [-0.2, 0) is 23.9 Å². The SMILES string of the molecule is CC(=O)OCC(=O)[C@@]1(O)[C@H](O)C[C@H]2[C@@H]3C=CC4=CC(=O)C=C[C@]4(C)[C@@]3(F)C(=O)C[C@@]21C.